The Bertz CT molecular complexity index is 324. The van der Waals surface area contributed by atoms with Gasteiger partial charge in [-0.3, -0.25) is 0 Å². The minimum atomic E-state index is -1.83. The molecule has 5 nitrogen and oxygen atoms in total. The standard InChI is InChI=1S/C15H28O2.CH2O3/c1-6-9-15(10-7-2)11-8-12-16-17-14(5)13(3)4;2-1(3)4/h9H,6-8,10-12H2,1-5H3;(H2,2,3,4). The summed E-state index contributed by atoms with van der Waals surface area (Å²) in [5.74, 6) is 0.864. The van der Waals surface area contributed by atoms with Crippen molar-refractivity contribution in [3.63, 3.8) is 0 Å². The SMILES string of the molecule is CCC=C(CCC)CCCOOC(C)=C(C)C.O=C(O)O. The molecule has 0 rings (SSSR count). The van der Waals surface area contributed by atoms with Gasteiger partial charge in [0.25, 0.3) is 0 Å². The van der Waals surface area contributed by atoms with E-state index in [1.807, 2.05) is 20.8 Å². The van der Waals surface area contributed by atoms with Gasteiger partial charge in [0.15, 0.2) is 0 Å². The summed E-state index contributed by atoms with van der Waals surface area (Å²) in [5, 5.41) is 13.9. The van der Waals surface area contributed by atoms with Crippen LogP contribution in [-0.2, 0) is 9.78 Å². The van der Waals surface area contributed by atoms with E-state index in [-0.39, 0.29) is 0 Å². The fraction of sp³-hybridized carbons (Fsp3) is 0.688. The third-order valence-corrected chi connectivity index (χ3v) is 2.68. The molecule has 0 aliphatic rings. The molecule has 0 aromatic carbocycles. The zero-order valence-electron chi connectivity index (χ0n) is 13.9. The molecule has 2 N–H and O–H groups in total. The first-order valence-corrected chi connectivity index (χ1v) is 7.38. The second-order valence-corrected chi connectivity index (χ2v) is 4.87. The molecule has 0 amide bonds. The van der Waals surface area contributed by atoms with Crippen molar-refractivity contribution in [2.24, 2.45) is 0 Å². The topological polar surface area (TPSA) is 76.0 Å². The summed E-state index contributed by atoms with van der Waals surface area (Å²) in [6.07, 6.45) is 6.22. The van der Waals surface area contributed by atoms with Gasteiger partial charge in [-0.1, -0.05) is 31.9 Å². The Kier molecular flexibility index (Phi) is 15.5. The van der Waals surface area contributed by atoms with Crippen LogP contribution in [0, 0.1) is 0 Å². The molecular weight excluding hydrogens is 272 g/mol. The molecule has 0 aliphatic heterocycles. The van der Waals surface area contributed by atoms with Crippen molar-refractivity contribution in [3.05, 3.63) is 23.0 Å². The minimum absolute atomic E-state index is 0.662. The molecule has 0 spiro atoms. The Balaban J connectivity index is 0. The third-order valence-electron chi connectivity index (χ3n) is 2.68. The third kappa shape index (κ3) is 18.5. The molecule has 0 radical (unpaired) electrons. The summed E-state index contributed by atoms with van der Waals surface area (Å²) in [5.41, 5.74) is 2.71. The van der Waals surface area contributed by atoms with Crippen LogP contribution in [0.25, 0.3) is 0 Å². The van der Waals surface area contributed by atoms with Crippen LogP contribution in [-0.4, -0.2) is 23.0 Å². The van der Waals surface area contributed by atoms with Gasteiger partial charge < -0.3 is 15.1 Å². The lowest BCUT2D eigenvalue weighted by molar-refractivity contribution is -0.262. The molecule has 0 aromatic rings. The van der Waals surface area contributed by atoms with Gasteiger partial charge in [-0.15, -0.1) is 0 Å². The zero-order valence-corrected chi connectivity index (χ0v) is 13.9. The van der Waals surface area contributed by atoms with Gasteiger partial charge in [0, 0.05) is 0 Å². The van der Waals surface area contributed by atoms with E-state index in [0.29, 0.717) is 6.61 Å². The fourth-order valence-corrected chi connectivity index (χ4v) is 1.51. The van der Waals surface area contributed by atoms with E-state index in [1.54, 1.807) is 5.57 Å². The lowest BCUT2D eigenvalue weighted by Gasteiger charge is -2.08. The van der Waals surface area contributed by atoms with Crippen LogP contribution in [0.2, 0.25) is 0 Å². The Labute approximate surface area is 128 Å². The molecule has 0 atom stereocenters. The number of rotatable bonds is 9. The Morgan fingerprint density at radius 1 is 1.10 bits per heavy atom. The highest BCUT2D eigenvalue weighted by Gasteiger charge is 1.98. The van der Waals surface area contributed by atoms with Crippen LogP contribution in [0.4, 0.5) is 4.79 Å². The van der Waals surface area contributed by atoms with Crippen molar-refractivity contribution >= 4 is 6.16 Å². The van der Waals surface area contributed by atoms with Gasteiger partial charge in [-0.05, 0) is 52.0 Å². The normalized spacial score (nSPS) is 10.4. The molecule has 0 saturated carbocycles. The van der Waals surface area contributed by atoms with Gasteiger partial charge in [0.1, 0.15) is 5.76 Å². The molecule has 0 fully saturated rings. The minimum Gasteiger partial charge on any atom is -0.450 e. The summed E-state index contributed by atoms with van der Waals surface area (Å²) in [6, 6.07) is 0. The highest BCUT2D eigenvalue weighted by Crippen LogP contribution is 2.13. The smallest absolute Gasteiger partial charge is 0.450 e. The second kappa shape index (κ2) is 14.9. The first-order chi connectivity index (χ1) is 9.84. The van der Waals surface area contributed by atoms with E-state index in [1.165, 1.54) is 12.8 Å². The molecule has 21 heavy (non-hydrogen) atoms. The Morgan fingerprint density at radius 3 is 2.10 bits per heavy atom. The predicted octanol–water partition coefficient (Wildman–Crippen LogP) is 5.39. The molecule has 0 aromatic heterocycles. The van der Waals surface area contributed by atoms with Gasteiger partial charge in [0.2, 0.25) is 0 Å². The number of carboxylic acid groups (broad SMARTS) is 2. The lowest BCUT2D eigenvalue weighted by atomic mass is 10.0. The van der Waals surface area contributed by atoms with E-state index in [0.717, 1.165) is 30.6 Å². The van der Waals surface area contributed by atoms with Gasteiger partial charge in [-0.25, -0.2) is 4.79 Å². The summed E-state index contributed by atoms with van der Waals surface area (Å²) >= 11 is 0. The van der Waals surface area contributed by atoms with Gasteiger partial charge in [-0.2, -0.15) is 4.89 Å². The number of allylic oxidation sites excluding steroid dienone is 4. The van der Waals surface area contributed by atoms with E-state index >= 15 is 0 Å². The molecule has 0 aliphatic carbocycles. The summed E-state index contributed by atoms with van der Waals surface area (Å²) in [6.45, 7) is 11.0. The summed E-state index contributed by atoms with van der Waals surface area (Å²) < 4.78 is 0. The molecule has 0 unspecified atom stereocenters. The van der Waals surface area contributed by atoms with Crippen LogP contribution < -0.4 is 0 Å². The Morgan fingerprint density at radius 2 is 1.67 bits per heavy atom. The first-order valence-electron chi connectivity index (χ1n) is 7.38. The number of hydrogen-bond acceptors (Lipinski definition) is 3. The highest BCUT2D eigenvalue weighted by atomic mass is 17.2. The van der Waals surface area contributed by atoms with Crippen molar-refractivity contribution in [1.82, 2.24) is 0 Å². The van der Waals surface area contributed by atoms with Crippen LogP contribution in [0.1, 0.15) is 66.7 Å². The van der Waals surface area contributed by atoms with E-state index in [2.05, 4.69) is 19.9 Å². The lowest BCUT2D eigenvalue weighted by Crippen LogP contribution is -1.97. The highest BCUT2D eigenvalue weighted by molar-refractivity contribution is 5.53. The Hall–Kier alpha value is -1.49. The molecule has 5 heteroatoms. The average molecular weight is 302 g/mol. The van der Waals surface area contributed by atoms with E-state index < -0.39 is 6.16 Å². The molecule has 0 saturated heterocycles. The molecule has 0 bridgehead atoms. The summed E-state index contributed by atoms with van der Waals surface area (Å²) in [7, 11) is 0. The predicted molar refractivity (Wildman–Crippen MR) is 84.3 cm³/mol. The molecule has 124 valence electrons. The number of carbonyl (C=O) groups is 1. The van der Waals surface area contributed by atoms with Gasteiger partial charge in [0.05, 0.1) is 6.61 Å². The molecular formula is C16H30O5. The summed E-state index contributed by atoms with van der Waals surface area (Å²) in [4.78, 5) is 18.9. The maximum atomic E-state index is 8.56. The van der Waals surface area contributed by atoms with Crippen molar-refractivity contribution < 1.29 is 24.8 Å². The van der Waals surface area contributed by atoms with Crippen LogP contribution in [0.15, 0.2) is 23.0 Å². The monoisotopic (exact) mass is 302 g/mol. The van der Waals surface area contributed by atoms with Crippen molar-refractivity contribution in [2.45, 2.75) is 66.7 Å². The largest absolute Gasteiger partial charge is 0.503 e. The fourth-order valence-electron chi connectivity index (χ4n) is 1.51. The van der Waals surface area contributed by atoms with Crippen LogP contribution in [0.3, 0.4) is 0 Å². The van der Waals surface area contributed by atoms with Crippen molar-refractivity contribution in [2.75, 3.05) is 6.61 Å². The van der Waals surface area contributed by atoms with E-state index in [9.17, 15) is 0 Å². The van der Waals surface area contributed by atoms with Crippen LogP contribution in [0.5, 0.6) is 0 Å². The van der Waals surface area contributed by atoms with Crippen molar-refractivity contribution in [3.8, 4) is 0 Å². The second-order valence-electron chi connectivity index (χ2n) is 4.87. The quantitative estimate of drug-likeness (QED) is 0.196. The zero-order chi connectivity index (χ0) is 16.7. The first kappa shape index (κ1) is 21.8. The maximum absolute atomic E-state index is 8.56. The maximum Gasteiger partial charge on any atom is 0.503 e. The average Bonchev–Trinajstić information content (AvgIpc) is 2.37. The molecule has 0 heterocycles. The van der Waals surface area contributed by atoms with Gasteiger partial charge >= 0.3 is 6.16 Å². The van der Waals surface area contributed by atoms with Crippen LogP contribution >= 0.6 is 0 Å². The number of hydrogen-bond donors (Lipinski definition) is 2. The van der Waals surface area contributed by atoms with Crippen molar-refractivity contribution in [1.29, 1.82) is 0 Å². The van der Waals surface area contributed by atoms with E-state index in [4.69, 9.17) is 24.8 Å².